The first-order valence-corrected chi connectivity index (χ1v) is 5.71. The summed E-state index contributed by atoms with van der Waals surface area (Å²) in [5, 5.41) is 9.62. The third kappa shape index (κ3) is 3.07. The quantitative estimate of drug-likeness (QED) is 0.811. The lowest BCUT2D eigenvalue weighted by Crippen LogP contribution is -2.08. The van der Waals surface area contributed by atoms with E-state index in [2.05, 4.69) is 15.5 Å². The predicted molar refractivity (Wildman–Crippen MR) is 72.1 cm³/mol. The number of carbonyl (C=O) groups excluding carboxylic acids is 1. The minimum Gasteiger partial charge on any atom is -0.322 e. The predicted octanol–water partition coefficient (Wildman–Crippen LogP) is 2.98. The molecule has 4 nitrogen and oxygen atoms in total. The zero-order valence-corrected chi connectivity index (χ0v) is 10.4. The summed E-state index contributed by atoms with van der Waals surface area (Å²) < 4.78 is 0. The van der Waals surface area contributed by atoms with E-state index in [9.17, 15) is 4.79 Å². The average molecular weight is 241 g/mol. The first-order valence-electron chi connectivity index (χ1n) is 5.71. The van der Waals surface area contributed by atoms with Gasteiger partial charge in [-0.3, -0.25) is 9.89 Å². The molecule has 0 aliphatic heterocycles. The normalized spacial score (nSPS) is 9.89. The second kappa shape index (κ2) is 5.31. The van der Waals surface area contributed by atoms with E-state index >= 15 is 0 Å². The highest BCUT2D eigenvalue weighted by Gasteiger charge is 2.02. The van der Waals surface area contributed by atoms with Crippen LogP contribution in [-0.2, 0) is 4.79 Å². The van der Waals surface area contributed by atoms with E-state index in [4.69, 9.17) is 0 Å². The van der Waals surface area contributed by atoms with Gasteiger partial charge < -0.3 is 5.32 Å². The van der Waals surface area contributed by atoms with Crippen molar-refractivity contribution in [1.82, 2.24) is 10.2 Å². The molecule has 0 spiro atoms. The highest BCUT2D eigenvalue weighted by Crippen LogP contribution is 2.20. The van der Waals surface area contributed by atoms with Gasteiger partial charge in [-0.05, 0) is 32.0 Å². The zero-order valence-electron chi connectivity index (χ0n) is 10.4. The van der Waals surface area contributed by atoms with Gasteiger partial charge in [0.25, 0.3) is 0 Å². The highest BCUT2D eigenvalue weighted by atomic mass is 16.1. The van der Waals surface area contributed by atoms with Gasteiger partial charge in [-0.25, -0.2) is 0 Å². The number of hydrogen-bond acceptors (Lipinski definition) is 2. The van der Waals surface area contributed by atoms with Crippen molar-refractivity contribution in [1.29, 1.82) is 0 Å². The lowest BCUT2D eigenvalue weighted by atomic mass is 10.1. The highest BCUT2D eigenvalue weighted by molar-refractivity contribution is 6.00. The molecule has 0 bridgehead atoms. The number of carbonyl (C=O) groups is 1. The Hall–Kier alpha value is -2.36. The fourth-order valence-electron chi connectivity index (χ4n) is 1.62. The van der Waals surface area contributed by atoms with E-state index in [1.807, 2.05) is 44.2 Å². The number of amides is 1. The van der Waals surface area contributed by atoms with Crippen LogP contribution in [0.3, 0.4) is 0 Å². The number of nitrogens with zero attached hydrogens (tertiary/aromatic N) is 1. The number of H-pyrrole nitrogens is 1. The number of rotatable bonds is 3. The number of aromatic amines is 1. The number of benzene rings is 1. The summed E-state index contributed by atoms with van der Waals surface area (Å²) in [5.74, 6) is -0.114. The minimum atomic E-state index is -0.114. The van der Waals surface area contributed by atoms with Crippen LogP contribution >= 0.6 is 0 Å². The maximum absolute atomic E-state index is 11.6. The molecule has 2 aromatic rings. The Labute approximate surface area is 106 Å². The summed E-state index contributed by atoms with van der Waals surface area (Å²) in [7, 11) is 0. The van der Waals surface area contributed by atoms with E-state index in [-0.39, 0.29) is 5.91 Å². The van der Waals surface area contributed by atoms with Crippen molar-refractivity contribution in [3.8, 4) is 11.3 Å². The maximum atomic E-state index is 11.6. The zero-order chi connectivity index (χ0) is 13.0. The Bertz CT molecular complexity index is 566. The number of hydrogen-bond donors (Lipinski definition) is 2. The van der Waals surface area contributed by atoms with Crippen LogP contribution in [0.4, 0.5) is 5.69 Å². The lowest BCUT2D eigenvalue weighted by molar-refractivity contribution is -0.111. The largest absolute Gasteiger partial charge is 0.322 e. The molecule has 0 aliphatic carbocycles. The van der Waals surface area contributed by atoms with Crippen molar-refractivity contribution in [2.24, 2.45) is 0 Å². The second-order valence-electron chi connectivity index (χ2n) is 4.26. The van der Waals surface area contributed by atoms with Crippen LogP contribution in [0, 0.1) is 0 Å². The summed E-state index contributed by atoms with van der Waals surface area (Å²) in [5.41, 5.74) is 3.65. The molecule has 0 unspecified atom stereocenters. The molecule has 0 saturated heterocycles. The summed E-state index contributed by atoms with van der Waals surface area (Å²) in [6, 6.07) is 9.51. The summed E-state index contributed by atoms with van der Waals surface area (Å²) in [6.45, 7) is 3.78. The molecule has 2 N–H and O–H groups in total. The van der Waals surface area contributed by atoms with Gasteiger partial charge in [0.1, 0.15) is 0 Å². The van der Waals surface area contributed by atoms with Gasteiger partial charge >= 0.3 is 0 Å². The van der Waals surface area contributed by atoms with Gasteiger partial charge in [0.2, 0.25) is 5.91 Å². The fourth-order valence-corrected chi connectivity index (χ4v) is 1.62. The van der Waals surface area contributed by atoms with E-state index in [1.165, 1.54) is 0 Å². The van der Waals surface area contributed by atoms with Crippen LogP contribution in [0.5, 0.6) is 0 Å². The van der Waals surface area contributed by atoms with Gasteiger partial charge in [-0.2, -0.15) is 5.10 Å². The van der Waals surface area contributed by atoms with Crippen LogP contribution in [0.2, 0.25) is 0 Å². The van der Waals surface area contributed by atoms with Crippen molar-refractivity contribution < 1.29 is 4.79 Å². The molecule has 0 fully saturated rings. The van der Waals surface area contributed by atoms with E-state index < -0.39 is 0 Å². The number of aromatic nitrogens is 2. The average Bonchev–Trinajstić information content (AvgIpc) is 2.81. The first kappa shape index (κ1) is 12.1. The third-order valence-corrected chi connectivity index (χ3v) is 2.36. The van der Waals surface area contributed by atoms with Gasteiger partial charge in [0.05, 0.1) is 5.69 Å². The Balaban J connectivity index is 2.18. The molecule has 0 atom stereocenters. The van der Waals surface area contributed by atoms with E-state index in [0.717, 1.165) is 22.5 Å². The SMILES string of the molecule is CC(C)=CC(=O)Nc1cccc(-c2ccn[nH]2)c1. The van der Waals surface area contributed by atoms with Gasteiger partial charge in [-0.1, -0.05) is 17.7 Å². The third-order valence-electron chi connectivity index (χ3n) is 2.36. The summed E-state index contributed by atoms with van der Waals surface area (Å²) in [4.78, 5) is 11.6. The monoisotopic (exact) mass is 241 g/mol. The Morgan fingerprint density at radius 2 is 2.17 bits per heavy atom. The van der Waals surface area contributed by atoms with Gasteiger partial charge in [-0.15, -0.1) is 0 Å². The van der Waals surface area contributed by atoms with Crippen LogP contribution in [0.15, 0.2) is 48.2 Å². The Morgan fingerprint density at radius 3 is 2.83 bits per heavy atom. The van der Waals surface area contributed by atoms with Crippen molar-refractivity contribution in [2.45, 2.75) is 13.8 Å². The fraction of sp³-hybridized carbons (Fsp3) is 0.143. The van der Waals surface area contributed by atoms with Gasteiger partial charge in [0.15, 0.2) is 0 Å². The molecule has 18 heavy (non-hydrogen) atoms. The molecule has 0 saturated carbocycles. The molecule has 1 heterocycles. The molecule has 2 rings (SSSR count). The Kier molecular flexibility index (Phi) is 3.57. The minimum absolute atomic E-state index is 0.114. The molecule has 0 aliphatic rings. The molecular weight excluding hydrogens is 226 g/mol. The van der Waals surface area contributed by atoms with Crippen molar-refractivity contribution >= 4 is 11.6 Å². The first-order chi connectivity index (χ1) is 8.65. The van der Waals surface area contributed by atoms with E-state index in [1.54, 1.807) is 12.3 Å². The van der Waals surface area contributed by atoms with Crippen LogP contribution in [-0.4, -0.2) is 16.1 Å². The molecule has 1 amide bonds. The van der Waals surface area contributed by atoms with Gasteiger partial charge in [0, 0.05) is 23.5 Å². The lowest BCUT2D eigenvalue weighted by Gasteiger charge is -2.04. The van der Waals surface area contributed by atoms with Crippen molar-refractivity contribution in [2.75, 3.05) is 5.32 Å². The molecule has 1 aromatic carbocycles. The number of allylic oxidation sites excluding steroid dienone is 1. The van der Waals surface area contributed by atoms with Crippen LogP contribution < -0.4 is 5.32 Å². The van der Waals surface area contributed by atoms with Crippen LogP contribution in [0.25, 0.3) is 11.3 Å². The van der Waals surface area contributed by atoms with Crippen molar-refractivity contribution in [3.63, 3.8) is 0 Å². The number of nitrogens with one attached hydrogen (secondary N) is 2. The van der Waals surface area contributed by atoms with Crippen LogP contribution in [0.1, 0.15) is 13.8 Å². The van der Waals surface area contributed by atoms with Crippen molar-refractivity contribution in [3.05, 3.63) is 48.2 Å². The number of anilines is 1. The molecule has 92 valence electrons. The smallest absolute Gasteiger partial charge is 0.248 e. The maximum Gasteiger partial charge on any atom is 0.248 e. The molecule has 1 aromatic heterocycles. The molecular formula is C14H15N3O. The molecule has 4 heteroatoms. The van der Waals surface area contributed by atoms with E-state index in [0.29, 0.717) is 0 Å². The topological polar surface area (TPSA) is 57.8 Å². The molecule has 0 radical (unpaired) electrons. The second-order valence-corrected chi connectivity index (χ2v) is 4.26. The summed E-state index contributed by atoms with van der Waals surface area (Å²) in [6.07, 6.45) is 3.27. The Morgan fingerprint density at radius 1 is 1.33 bits per heavy atom. The summed E-state index contributed by atoms with van der Waals surface area (Å²) >= 11 is 0. The standard InChI is InChI=1S/C14H15N3O/c1-10(2)8-14(18)16-12-5-3-4-11(9-12)13-6-7-15-17-13/h3-9H,1-2H3,(H,15,17)(H,16,18).